The van der Waals surface area contributed by atoms with Crippen LogP contribution in [0.25, 0.3) is 0 Å². The Balaban J connectivity index is 3.57. The van der Waals surface area contributed by atoms with E-state index in [1.807, 2.05) is 13.8 Å². The lowest BCUT2D eigenvalue weighted by Crippen LogP contribution is -2.37. The number of carbonyl (C=O) groups is 1. The molecule has 0 aliphatic carbocycles. The summed E-state index contributed by atoms with van der Waals surface area (Å²) in [5.74, 6) is 0. The zero-order chi connectivity index (χ0) is 8.15. The van der Waals surface area contributed by atoms with E-state index in [4.69, 9.17) is 0 Å². The Morgan fingerprint density at radius 2 is 2.10 bits per heavy atom. The molecular formula is C6H13NO2S. The van der Waals surface area contributed by atoms with Gasteiger partial charge >= 0.3 is 6.09 Å². The largest absolute Gasteiger partial charge is 0.453 e. The lowest BCUT2D eigenvalue weighted by Gasteiger charge is -2.15. The standard InChI is InChI=1S/C6H13NO2S/c1-4(5(2)10)7-6(8)9-3/h4-5,10H,1-3H3,(H,7,8)/t4-,5-/m0/s1. The number of rotatable bonds is 2. The smallest absolute Gasteiger partial charge is 0.407 e. The fourth-order valence-corrected chi connectivity index (χ4v) is 0.440. The van der Waals surface area contributed by atoms with Gasteiger partial charge < -0.3 is 10.1 Å². The van der Waals surface area contributed by atoms with Gasteiger partial charge in [0.1, 0.15) is 0 Å². The molecule has 0 fully saturated rings. The van der Waals surface area contributed by atoms with Crippen molar-refractivity contribution in [2.24, 2.45) is 0 Å². The van der Waals surface area contributed by atoms with Crippen LogP contribution in [0.15, 0.2) is 0 Å². The third kappa shape index (κ3) is 3.61. The monoisotopic (exact) mass is 163 g/mol. The highest BCUT2D eigenvalue weighted by atomic mass is 32.1. The van der Waals surface area contributed by atoms with Crippen LogP contribution in [0.4, 0.5) is 4.79 Å². The minimum Gasteiger partial charge on any atom is -0.453 e. The molecule has 0 spiro atoms. The second-order valence-electron chi connectivity index (χ2n) is 2.17. The molecule has 0 unspecified atom stereocenters. The molecule has 0 aliphatic rings. The maximum Gasteiger partial charge on any atom is 0.407 e. The van der Waals surface area contributed by atoms with E-state index >= 15 is 0 Å². The molecule has 1 amide bonds. The first-order valence-corrected chi connectivity index (χ1v) is 3.62. The number of amides is 1. The van der Waals surface area contributed by atoms with E-state index in [2.05, 4.69) is 22.7 Å². The summed E-state index contributed by atoms with van der Waals surface area (Å²) < 4.78 is 4.39. The van der Waals surface area contributed by atoms with Gasteiger partial charge in [0.05, 0.1) is 7.11 Å². The van der Waals surface area contributed by atoms with Crippen LogP contribution in [0.1, 0.15) is 13.8 Å². The molecule has 0 heterocycles. The van der Waals surface area contributed by atoms with Crippen LogP contribution in [0, 0.1) is 0 Å². The number of thiol groups is 1. The first-order valence-electron chi connectivity index (χ1n) is 3.10. The Morgan fingerprint density at radius 3 is 2.40 bits per heavy atom. The summed E-state index contributed by atoms with van der Waals surface area (Å²) in [7, 11) is 1.34. The maximum absolute atomic E-state index is 10.6. The third-order valence-corrected chi connectivity index (χ3v) is 1.70. The molecule has 0 aliphatic heterocycles. The summed E-state index contributed by atoms with van der Waals surface area (Å²) in [5.41, 5.74) is 0. The predicted molar refractivity (Wildman–Crippen MR) is 43.5 cm³/mol. The summed E-state index contributed by atoms with van der Waals surface area (Å²) in [4.78, 5) is 10.6. The molecule has 4 heteroatoms. The van der Waals surface area contributed by atoms with E-state index in [1.165, 1.54) is 7.11 Å². The summed E-state index contributed by atoms with van der Waals surface area (Å²) in [6.45, 7) is 3.78. The van der Waals surface area contributed by atoms with Gasteiger partial charge in [-0.2, -0.15) is 12.6 Å². The van der Waals surface area contributed by atoms with Crippen molar-refractivity contribution in [2.75, 3.05) is 7.11 Å². The fraction of sp³-hybridized carbons (Fsp3) is 0.833. The average Bonchev–Trinajstić information content (AvgIpc) is 1.87. The third-order valence-electron chi connectivity index (χ3n) is 1.25. The van der Waals surface area contributed by atoms with Crippen molar-refractivity contribution < 1.29 is 9.53 Å². The Bertz CT molecular complexity index is 116. The van der Waals surface area contributed by atoms with Crippen molar-refractivity contribution in [1.29, 1.82) is 0 Å². The SMILES string of the molecule is COC(=O)N[C@@H](C)[C@H](C)S. The van der Waals surface area contributed by atoms with E-state index in [0.717, 1.165) is 0 Å². The summed E-state index contributed by atoms with van der Waals surface area (Å²) in [6, 6.07) is 0.0378. The van der Waals surface area contributed by atoms with Gasteiger partial charge in [-0.15, -0.1) is 0 Å². The molecular weight excluding hydrogens is 150 g/mol. The number of methoxy groups -OCH3 is 1. The number of hydrogen-bond acceptors (Lipinski definition) is 3. The zero-order valence-corrected chi connectivity index (χ0v) is 7.31. The number of carbonyl (C=O) groups excluding carboxylic acids is 1. The molecule has 3 nitrogen and oxygen atoms in total. The van der Waals surface area contributed by atoms with E-state index in [0.29, 0.717) is 0 Å². The van der Waals surface area contributed by atoms with Crippen LogP contribution >= 0.6 is 12.6 Å². The van der Waals surface area contributed by atoms with Crippen molar-refractivity contribution in [3.63, 3.8) is 0 Å². The number of alkyl carbamates (subject to hydrolysis) is 1. The molecule has 0 aromatic carbocycles. The van der Waals surface area contributed by atoms with Gasteiger partial charge in [-0.05, 0) is 6.92 Å². The molecule has 0 saturated carbocycles. The van der Waals surface area contributed by atoms with Gasteiger partial charge in [-0.3, -0.25) is 0 Å². The van der Waals surface area contributed by atoms with Gasteiger partial charge in [0.15, 0.2) is 0 Å². The predicted octanol–water partition coefficient (Wildman–Crippen LogP) is 1.05. The van der Waals surface area contributed by atoms with Gasteiger partial charge in [0.25, 0.3) is 0 Å². The van der Waals surface area contributed by atoms with Crippen LogP contribution in [0.2, 0.25) is 0 Å². The molecule has 0 saturated heterocycles. The van der Waals surface area contributed by atoms with Crippen LogP contribution in [-0.4, -0.2) is 24.5 Å². The van der Waals surface area contributed by atoms with Crippen molar-refractivity contribution in [3.05, 3.63) is 0 Å². The van der Waals surface area contributed by atoms with E-state index in [1.54, 1.807) is 0 Å². The minimum absolute atomic E-state index is 0.0378. The Hall–Kier alpha value is -0.380. The molecule has 0 radical (unpaired) electrons. The van der Waals surface area contributed by atoms with Gasteiger partial charge in [0, 0.05) is 11.3 Å². The Kier molecular flexibility index (Phi) is 4.27. The lowest BCUT2D eigenvalue weighted by atomic mass is 10.2. The number of nitrogens with one attached hydrogen (secondary N) is 1. The van der Waals surface area contributed by atoms with Crippen LogP contribution < -0.4 is 5.32 Å². The highest BCUT2D eigenvalue weighted by Gasteiger charge is 2.10. The molecule has 0 bridgehead atoms. The van der Waals surface area contributed by atoms with Gasteiger partial charge in [-0.1, -0.05) is 6.92 Å². The van der Waals surface area contributed by atoms with Crippen LogP contribution in [0.5, 0.6) is 0 Å². The quantitative estimate of drug-likeness (QED) is 0.597. The van der Waals surface area contributed by atoms with Gasteiger partial charge in [0.2, 0.25) is 0 Å². The van der Waals surface area contributed by atoms with Crippen molar-refractivity contribution in [3.8, 4) is 0 Å². The molecule has 0 rings (SSSR count). The molecule has 0 aromatic rings. The topological polar surface area (TPSA) is 38.3 Å². The second-order valence-corrected chi connectivity index (χ2v) is 2.98. The highest BCUT2D eigenvalue weighted by Crippen LogP contribution is 1.99. The van der Waals surface area contributed by atoms with Gasteiger partial charge in [-0.25, -0.2) is 4.79 Å². The maximum atomic E-state index is 10.6. The highest BCUT2D eigenvalue weighted by molar-refractivity contribution is 7.81. The van der Waals surface area contributed by atoms with Crippen molar-refractivity contribution in [1.82, 2.24) is 5.32 Å². The van der Waals surface area contributed by atoms with E-state index in [9.17, 15) is 4.79 Å². The van der Waals surface area contributed by atoms with Crippen LogP contribution in [0.3, 0.4) is 0 Å². The van der Waals surface area contributed by atoms with E-state index < -0.39 is 6.09 Å². The van der Waals surface area contributed by atoms with Crippen molar-refractivity contribution >= 4 is 18.7 Å². The summed E-state index contributed by atoms with van der Waals surface area (Å²) in [5, 5.41) is 2.73. The molecule has 0 aromatic heterocycles. The van der Waals surface area contributed by atoms with Crippen molar-refractivity contribution in [2.45, 2.75) is 25.1 Å². The normalized spacial score (nSPS) is 15.6. The molecule has 1 N–H and O–H groups in total. The first kappa shape index (κ1) is 9.62. The average molecular weight is 163 g/mol. The number of hydrogen-bond donors (Lipinski definition) is 2. The first-order chi connectivity index (χ1) is 4.57. The molecule has 10 heavy (non-hydrogen) atoms. The lowest BCUT2D eigenvalue weighted by molar-refractivity contribution is 0.167. The van der Waals surface area contributed by atoms with Crippen LogP contribution in [-0.2, 0) is 4.74 Å². The molecule has 2 atom stereocenters. The summed E-state index contributed by atoms with van der Waals surface area (Å²) >= 11 is 4.14. The zero-order valence-electron chi connectivity index (χ0n) is 6.42. The minimum atomic E-state index is -0.409. The Morgan fingerprint density at radius 1 is 1.60 bits per heavy atom. The number of ether oxygens (including phenoxy) is 1. The fourth-order valence-electron chi connectivity index (χ4n) is 0.365. The summed E-state index contributed by atoms with van der Waals surface area (Å²) in [6.07, 6.45) is -0.409. The molecule has 60 valence electrons. The van der Waals surface area contributed by atoms with E-state index in [-0.39, 0.29) is 11.3 Å². The Labute approximate surface area is 66.5 Å². The second kappa shape index (κ2) is 4.44.